The molecule has 0 fully saturated rings. The van der Waals surface area contributed by atoms with Crippen LogP contribution in [0.4, 0.5) is 3.89 Å². The van der Waals surface area contributed by atoms with Crippen molar-refractivity contribution in [3.8, 4) is 0 Å². The number of halogens is 1. The lowest BCUT2D eigenvalue weighted by molar-refractivity contribution is 0.153. The third-order valence-corrected chi connectivity index (χ3v) is 2.26. The summed E-state index contributed by atoms with van der Waals surface area (Å²) in [5.74, 6) is 0. The highest BCUT2D eigenvalue weighted by atomic mass is 32.2. The van der Waals surface area contributed by atoms with E-state index >= 15 is 0 Å². The van der Waals surface area contributed by atoms with E-state index in [1.807, 2.05) is 0 Å². The Kier molecular flexibility index (Phi) is 3.71. The number of hydrogen-bond acceptors (Lipinski definition) is 3. The molecule has 0 aliphatic heterocycles. The van der Waals surface area contributed by atoms with Gasteiger partial charge in [-0.15, -0.1) is 0 Å². The molecule has 0 aromatic heterocycles. The van der Waals surface area contributed by atoms with Crippen molar-refractivity contribution in [1.29, 1.82) is 0 Å². The van der Waals surface area contributed by atoms with E-state index in [4.69, 9.17) is 5.73 Å². The molecule has 0 saturated heterocycles. The summed E-state index contributed by atoms with van der Waals surface area (Å²) in [6, 6.07) is 6.27. The number of aliphatic hydroxyl groups excluding tert-OH is 1. The lowest BCUT2D eigenvalue weighted by atomic mass is 10.0. The predicted octanol–water partition coefficient (Wildman–Crippen LogP) is 2.04. The Morgan fingerprint density at radius 2 is 1.92 bits per heavy atom. The molecule has 0 spiro atoms. The minimum Gasteiger partial charge on any atom is -0.387 e. The van der Waals surface area contributed by atoms with Crippen LogP contribution in [0.3, 0.4) is 0 Å². The Bertz CT molecular complexity index is 263. The van der Waals surface area contributed by atoms with Crippen molar-refractivity contribution in [2.75, 3.05) is 0 Å². The molecule has 2 atom stereocenters. The molecule has 0 saturated carbocycles. The van der Waals surface area contributed by atoms with Crippen LogP contribution in [0.2, 0.25) is 0 Å². The van der Waals surface area contributed by atoms with Gasteiger partial charge in [-0.1, -0.05) is 12.1 Å². The zero-order valence-electron chi connectivity index (χ0n) is 7.27. The van der Waals surface area contributed by atoms with Crippen LogP contribution in [0.1, 0.15) is 18.6 Å². The van der Waals surface area contributed by atoms with Crippen LogP contribution in [0.25, 0.3) is 0 Å². The molecule has 1 aromatic carbocycles. The van der Waals surface area contributed by atoms with Gasteiger partial charge in [0.25, 0.3) is 0 Å². The summed E-state index contributed by atoms with van der Waals surface area (Å²) in [6.45, 7) is 1.72. The van der Waals surface area contributed by atoms with Gasteiger partial charge in [0.05, 0.1) is 18.3 Å². The fraction of sp³-hybridized carbons (Fsp3) is 0.333. The van der Waals surface area contributed by atoms with Crippen molar-refractivity contribution in [2.24, 2.45) is 5.73 Å². The second-order valence-corrected chi connectivity index (χ2v) is 3.58. The van der Waals surface area contributed by atoms with Crippen LogP contribution in [0.5, 0.6) is 0 Å². The van der Waals surface area contributed by atoms with Crippen LogP contribution in [0.15, 0.2) is 29.2 Å². The maximum absolute atomic E-state index is 12.0. The van der Waals surface area contributed by atoms with Crippen LogP contribution in [-0.2, 0) is 0 Å². The van der Waals surface area contributed by atoms with E-state index in [-0.39, 0.29) is 18.2 Å². The third-order valence-electron chi connectivity index (χ3n) is 1.81. The standard InChI is InChI=1S/C9H12FNOS/c1-6(11)9(12)7-2-4-8(13-10)5-3-7/h2-6,9,12H,11H2,1H3. The number of aliphatic hydroxyl groups is 1. The molecule has 0 aliphatic rings. The lowest BCUT2D eigenvalue weighted by Gasteiger charge is -2.14. The summed E-state index contributed by atoms with van der Waals surface area (Å²) in [4.78, 5) is 0.528. The van der Waals surface area contributed by atoms with Crippen molar-refractivity contribution >= 4 is 12.1 Å². The lowest BCUT2D eigenvalue weighted by Crippen LogP contribution is -2.24. The highest BCUT2D eigenvalue weighted by Gasteiger charge is 2.11. The molecule has 13 heavy (non-hydrogen) atoms. The van der Waals surface area contributed by atoms with E-state index in [1.54, 1.807) is 31.2 Å². The van der Waals surface area contributed by atoms with E-state index in [0.29, 0.717) is 10.5 Å². The van der Waals surface area contributed by atoms with Crippen LogP contribution in [-0.4, -0.2) is 11.1 Å². The zero-order chi connectivity index (χ0) is 9.84. The van der Waals surface area contributed by atoms with E-state index < -0.39 is 6.10 Å². The van der Waals surface area contributed by atoms with Crippen molar-refractivity contribution < 1.29 is 8.99 Å². The Morgan fingerprint density at radius 3 is 2.31 bits per heavy atom. The van der Waals surface area contributed by atoms with Gasteiger partial charge in [-0.3, -0.25) is 0 Å². The van der Waals surface area contributed by atoms with Crippen molar-refractivity contribution in [1.82, 2.24) is 0 Å². The summed E-state index contributed by atoms with van der Waals surface area (Å²) in [7, 11) is 0. The molecule has 72 valence electrons. The van der Waals surface area contributed by atoms with Gasteiger partial charge in [0, 0.05) is 10.9 Å². The van der Waals surface area contributed by atoms with Gasteiger partial charge >= 0.3 is 0 Å². The Labute approximate surface area is 81.2 Å². The van der Waals surface area contributed by atoms with E-state index in [0.717, 1.165) is 0 Å². The molecule has 4 heteroatoms. The molecule has 0 radical (unpaired) electrons. The Morgan fingerprint density at radius 1 is 1.38 bits per heavy atom. The molecule has 0 amide bonds. The number of benzene rings is 1. The normalized spacial score (nSPS) is 15.4. The Balaban J connectivity index is 2.79. The monoisotopic (exact) mass is 201 g/mol. The quantitative estimate of drug-likeness (QED) is 0.786. The predicted molar refractivity (Wildman–Crippen MR) is 52.0 cm³/mol. The van der Waals surface area contributed by atoms with E-state index in [9.17, 15) is 8.99 Å². The first-order chi connectivity index (χ1) is 6.15. The van der Waals surface area contributed by atoms with Crippen LogP contribution >= 0.6 is 12.1 Å². The zero-order valence-corrected chi connectivity index (χ0v) is 8.09. The first-order valence-electron chi connectivity index (χ1n) is 3.97. The van der Waals surface area contributed by atoms with Crippen molar-refractivity contribution in [2.45, 2.75) is 24.0 Å². The number of rotatable bonds is 3. The second-order valence-electron chi connectivity index (χ2n) is 2.95. The highest BCUT2D eigenvalue weighted by Crippen LogP contribution is 2.22. The van der Waals surface area contributed by atoms with Gasteiger partial charge < -0.3 is 10.8 Å². The molecule has 3 N–H and O–H groups in total. The van der Waals surface area contributed by atoms with Gasteiger partial charge in [-0.25, -0.2) is 0 Å². The third kappa shape index (κ3) is 2.69. The minimum atomic E-state index is -0.682. The summed E-state index contributed by atoms with van der Waals surface area (Å²) in [5, 5.41) is 9.54. The van der Waals surface area contributed by atoms with Gasteiger partial charge in [0.2, 0.25) is 0 Å². The molecule has 2 unspecified atom stereocenters. The topological polar surface area (TPSA) is 46.2 Å². The SMILES string of the molecule is CC(N)C(O)c1ccc(SF)cc1. The van der Waals surface area contributed by atoms with Crippen molar-refractivity contribution in [3.63, 3.8) is 0 Å². The van der Waals surface area contributed by atoms with Gasteiger partial charge in [0.15, 0.2) is 0 Å². The van der Waals surface area contributed by atoms with Gasteiger partial charge in [-0.2, -0.15) is 3.89 Å². The second kappa shape index (κ2) is 4.60. The number of nitrogens with two attached hydrogens (primary N) is 1. The summed E-state index contributed by atoms with van der Waals surface area (Å²) in [6.07, 6.45) is -0.682. The largest absolute Gasteiger partial charge is 0.387 e. The maximum Gasteiger partial charge on any atom is 0.0938 e. The average Bonchev–Trinajstić information content (AvgIpc) is 2.17. The minimum absolute atomic E-state index is 0.185. The molecular weight excluding hydrogens is 189 g/mol. The number of hydrogen-bond donors (Lipinski definition) is 2. The molecular formula is C9H12FNOS. The molecule has 0 bridgehead atoms. The molecule has 1 rings (SSSR count). The summed E-state index contributed by atoms with van der Waals surface area (Å²) >= 11 is 0.185. The summed E-state index contributed by atoms with van der Waals surface area (Å²) < 4.78 is 12.0. The average molecular weight is 201 g/mol. The molecule has 1 aromatic rings. The van der Waals surface area contributed by atoms with Crippen molar-refractivity contribution in [3.05, 3.63) is 29.8 Å². The van der Waals surface area contributed by atoms with Crippen LogP contribution < -0.4 is 5.73 Å². The van der Waals surface area contributed by atoms with Crippen LogP contribution in [0, 0.1) is 0 Å². The maximum atomic E-state index is 12.0. The first-order valence-corrected chi connectivity index (χ1v) is 4.69. The first kappa shape index (κ1) is 10.5. The molecule has 0 heterocycles. The fourth-order valence-corrected chi connectivity index (χ4v) is 1.26. The Hall–Kier alpha value is -0.580. The van der Waals surface area contributed by atoms with Gasteiger partial charge in [0.1, 0.15) is 0 Å². The van der Waals surface area contributed by atoms with E-state index in [1.165, 1.54) is 0 Å². The smallest absolute Gasteiger partial charge is 0.0938 e. The molecule has 0 aliphatic carbocycles. The van der Waals surface area contributed by atoms with E-state index in [2.05, 4.69) is 0 Å². The highest BCUT2D eigenvalue weighted by molar-refractivity contribution is 7.94. The molecule has 2 nitrogen and oxygen atoms in total. The summed E-state index contributed by atoms with van der Waals surface area (Å²) in [5.41, 5.74) is 6.22. The fourth-order valence-electron chi connectivity index (χ4n) is 1.02. The van der Waals surface area contributed by atoms with Gasteiger partial charge in [-0.05, 0) is 24.6 Å².